The number of thioether (sulfide) groups is 1. The molecule has 128 valence electrons. The van der Waals surface area contributed by atoms with Crippen molar-refractivity contribution in [2.75, 3.05) is 12.9 Å². The van der Waals surface area contributed by atoms with Crippen LogP contribution in [0.25, 0.3) is 5.69 Å². The molecular formula is C18H18N4O2S. The number of Topliss-reactive ketones (excluding diaryl/α,β-unsaturated/α-hetero) is 1. The molecule has 0 aliphatic carbocycles. The van der Waals surface area contributed by atoms with Gasteiger partial charge in [0, 0.05) is 5.56 Å². The van der Waals surface area contributed by atoms with Crippen molar-refractivity contribution in [1.29, 1.82) is 0 Å². The van der Waals surface area contributed by atoms with Gasteiger partial charge < -0.3 is 4.74 Å². The number of methoxy groups -OCH3 is 1. The van der Waals surface area contributed by atoms with Crippen LogP contribution in [-0.4, -0.2) is 38.9 Å². The molecule has 3 aromatic rings. The zero-order valence-electron chi connectivity index (χ0n) is 14.3. The number of carbonyl (C=O) groups is 1. The Kier molecular flexibility index (Phi) is 5.14. The Labute approximate surface area is 150 Å². The van der Waals surface area contributed by atoms with Gasteiger partial charge >= 0.3 is 0 Å². The molecule has 25 heavy (non-hydrogen) atoms. The molecule has 0 unspecified atom stereocenters. The molecule has 0 radical (unpaired) electrons. The topological polar surface area (TPSA) is 69.9 Å². The van der Waals surface area contributed by atoms with E-state index in [9.17, 15) is 4.79 Å². The molecule has 0 aliphatic rings. The lowest BCUT2D eigenvalue weighted by Gasteiger charge is -2.10. The predicted molar refractivity (Wildman–Crippen MR) is 96.7 cm³/mol. The summed E-state index contributed by atoms with van der Waals surface area (Å²) in [6, 6.07) is 13.1. The molecule has 3 rings (SSSR count). The molecule has 0 aliphatic heterocycles. The molecule has 0 N–H and O–H groups in total. The number of ether oxygens (including phenoxy) is 1. The zero-order chi connectivity index (χ0) is 17.8. The van der Waals surface area contributed by atoms with E-state index in [1.165, 1.54) is 11.8 Å². The highest BCUT2D eigenvalue weighted by Gasteiger charge is 2.15. The first-order valence-corrected chi connectivity index (χ1v) is 8.73. The van der Waals surface area contributed by atoms with Crippen LogP contribution in [0.5, 0.6) is 5.75 Å². The highest BCUT2D eigenvalue weighted by molar-refractivity contribution is 7.99. The standard InChI is InChI=1S/C18H18N4O2S/c1-12-5-4-6-13(2)17(12)22-18(19-20-21-22)25-11-16(23)14-7-9-15(24-3)10-8-14/h4-10H,11H2,1-3H3. The Balaban J connectivity index is 1.76. The summed E-state index contributed by atoms with van der Waals surface area (Å²) in [6.07, 6.45) is 0. The molecule has 0 bridgehead atoms. The fraction of sp³-hybridized carbons (Fsp3) is 0.222. The fourth-order valence-corrected chi connectivity index (χ4v) is 3.31. The first-order chi connectivity index (χ1) is 12.1. The van der Waals surface area contributed by atoms with Crippen molar-refractivity contribution in [3.8, 4) is 11.4 Å². The van der Waals surface area contributed by atoms with Crippen LogP contribution in [0, 0.1) is 13.8 Å². The summed E-state index contributed by atoms with van der Waals surface area (Å²) in [7, 11) is 1.60. The quantitative estimate of drug-likeness (QED) is 0.500. The van der Waals surface area contributed by atoms with Crippen molar-refractivity contribution < 1.29 is 9.53 Å². The van der Waals surface area contributed by atoms with Crippen molar-refractivity contribution in [2.24, 2.45) is 0 Å². The number of aromatic nitrogens is 4. The Morgan fingerprint density at radius 3 is 2.44 bits per heavy atom. The average molecular weight is 354 g/mol. The Morgan fingerprint density at radius 1 is 1.12 bits per heavy atom. The maximum Gasteiger partial charge on any atom is 0.214 e. The SMILES string of the molecule is COc1ccc(C(=O)CSc2nnnn2-c2c(C)cccc2C)cc1. The molecule has 0 saturated heterocycles. The molecule has 0 fully saturated rings. The van der Waals surface area contributed by atoms with Gasteiger partial charge in [-0.3, -0.25) is 4.79 Å². The van der Waals surface area contributed by atoms with E-state index in [0.717, 1.165) is 22.6 Å². The van der Waals surface area contributed by atoms with E-state index < -0.39 is 0 Å². The van der Waals surface area contributed by atoms with E-state index in [2.05, 4.69) is 15.5 Å². The van der Waals surface area contributed by atoms with Gasteiger partial charge in [0.2, 0.25) is 5.16 Å². The first-order valence-electron chi connectivity index (χ1n) is 7.75. The summed E-state index contributed by atoms with van der Waals surface area (Å²) < 4.78 is 6.80. The van der Waals surface area contributed by atoms with Crippen LogP contribution in [0.1, 0.15) is 21.5 Å². The highest BCUT2D eigenvalue weighted by Crippen LogP contribution is 2.24. The van der Waals surface area contributed by atoms with Gasteiger partial charge in [-0.25, -0.2) is 0 Å². The summed E-state index contributed by atoms with van der Waals surface area (Å²) in [6.45, 7) is 4.03. The van der Waals surface area contributed by atoms with E-state index >= 15 is 0 Å². The number of tetrazole rings is 1. The van der Waals surface area contributed by atoms with Gasteiger partial charge in [-0.05, 0) is 59.7 Å². The third-order valence-corrected chi connectivity index (χ3v) is 4.76. The van der Waals surface area contributed by atoms with Gasteiger partial charge in [-0.1, -0.05) is 30.0 Å². The minimum absolute atomic E-state index is 0.0173. The summed E-state index contributed by atoms with van der Waals surface area (Å²) >= 11 is 1.32. The molecule has 6 nitrogen and oxygen atoms in total. The van der Waals surface area contributed by atoms with Gasteiger partial charge in [-0.15, -0.1) is 5.10 Å². The van der Waals surface area contributed by atoms with E-state index in [-0.39, 0.29) is 11.5 Å². The molecule has 0 atom stereocenters. The summed E-state index contributed by atoms with van der Waals surface area (Å²) in [4.78, 5) is 12.4. The van der Waals surface area contributed by atoms with Crippen molar-refractivity contribution in [2.45, 2.75) is 19.0 Å². The summed E-state index contributed by atoms with van der Waals surface area (Å²) in [5, 5.41) is 12.5. The van der Waals surface area contributed by atoms with Crippen LogP contribution in [0.15, 0.2) is 47.6 Å². The number of benzene rings is 2. The van der Waals surface area contributed by atoms with Crippen LogP contribution >= 0.6 is 11.8 Å². The second kappa shape index (κ2) is 7.48. The summed E-state index contributed by atoms with van der Waals surface area (Å²) in [5.41, 5.74) is 3.75. The maximum absolute atomic E-state index is 12.4. The first kappa shape index (κ1) is 17.2. The second-order valence-electron chi connectivity index (χ2n) is 5.55. The van der Waals surface area contributed by atoms with E-state index in [1.807, 2.05) is 32.0 Å². The number of aryl methyl sites for hydroxylation is 2. The van der Waals surface area contributed by atoms with Crippen LogP contribution in [-0.2, 0) is 0 Å². The minimum Gasteiger partial charge on any atom is -0.497 e. The molecule has 0 spiro atoms. The van der Waals surface area contributed by atoms with E-state index in [0.29, 0.717) is 10.7 Å². The molecule has 0 saturated carbocycles. The van der Waals surface area contributed by atoms with Gasteiger partial charge in [0.05, 0.1) is 18.6 Å². The Bertz CT molecular complexity index is 870. The van der Waals surface area contributed by atoms with Gasteiger partial charge in [-0.2, -0.15) is 4.68 Å². The lowest BCUT2D eigenvalue weighted by atomic mass is 10.1. The van der Waals surface area contributed by atoms with Crippen molar-refractivity contribution in [3.05, 3.63) is 59.2 Å². The highest BCUT2D eigenvalue weighted by atomic mass is 32.2. The minimum atomic E-state index is 0.0173. The normalized spacial score (nSPS) is 10.7. The largest absolute Gasteiger partial charge is 0.497 e. The van der Waals surface area contributed by atoms with Crippen LogP contribution in [0.3, 0.4) is 0 Å². The smallest absolute Gasteiger partial charge is 0.214 e. The molecule has 2 aromatic carbocycles. The number of carbonyl (C=O) groups excluding carboxylic acids is 1. The lowest BCUT2D eigenvalue weighted by Crippen LogP contribution is -2.07. The number of rotatable bonds is 6. The number of ketones is 1. The molecule has 1 aromatic heterocycles. The van der Waals surface area contributed by atoms with Crippen molar-refractivity contribution >= 4 is 17.5 Å². The maximum atomic E-state index is 12.4. The van der Waals surface area contributed by atoms with E-state index in [1.54, 1.807) is 36.1 Å². The zero-order valence-corrected chi connectivity index (χ0v) is 15.1. The van der Waals surface area contributed by atoms with Gasteiger partial charge in [0.25, 0.3) is 0 Å². The van der Waals surface area contributed by atoms with Crippen molar-refractivity contribution in [3.63, 3.8) is 0 Å². The third-order valence-electron chi connectivity index (χ3n) is 3.84. The van der Waals surface area contributed by atoms with Crippen LogP contribution in [0.2, 0.25) is 0 Å². The molecule has 0 amide bonds. The van der Waals surface area contributed by atoms with Gasteiger partial charge in [0.1, 0.15) is 5.75 Å². The molecule has 7 heteroatoms. The lowest BCUT2D eigenvalue weighted by molar-refractivity contribution is 0.102. The predicted octanol–water partition coefficient (Wildman–Crippen LogP) is 3.26. The monoisotopic (exact) mass is 354 g/mol. The summed E-state index contributed by atoms with van der Waals surface area (Å²) in [5.74, 6) is 1.00. The number of para-hydroxylation sites is 1. The van der Waals surface area contributed by atoms with Crippen molar-refractivity contribution in [1.82, 2.24) is 20.2 Å². The van der Waals surface area contributed by atoms with Crippen LogP contribution in [0.4, 0.5) is 0 Å². The van der Waals surface area contributed by atoms with E-state index in [4.69, 9.17) is 4.74 Å². The molecule has 1 heterocycles. The Morgan fingerprint density at radius 2 is 1.80 bits per heavy atom. The number of hydrogen-bond donors (Lipinski definition) is 0. The van der Waals surface area contributed by atoms with Gasteiger partial charge in [0.15, 0.2) is 5.78 Å². The Hall–Kier alpha value is -2.67. The number of hydrogen-bond acceptors (Lipinski definition) is 6. The third kappa shape index (κ3) is 3.71. The second-order valence-corrected chi connectivity index (χ2v) is 6.50. The number of nitrogens with zero attached hydrogens (tertiary/aromatic N) is 4. The molecular weight excluding hydrogens is 336 g/mol. The average Bonchev–Trinajstić information content (AvgIpc) is 3.08. The van der Waals surface area contributed by atoms with Crippen LogP contribution < -0.4 is 4.74 Å². The fourth-order valence-electron chi connectivity index (χ4n) is 2.54.